The van der Waals surface area contributed by atoms with Crippen molar-refractivity contribution >= 4 is 22.5 Å². The molecule has 24 heavy (non-hydrogen) atoms. The Morgan fingerprint density at radius 1 is 1.46 bits per heavy atom. The van der Waals surface area contributed by atoms with Gasteiger partial charge in [-0.25, -0.2) is 0 Å². The molecule has 2 fully saturated rings. The number of ether oxygens (including phenoxy) is 1. The summed E-state index contributed by atoms with van der Waals surface area (Å²) in [6.07, 6.45) is 1.16. The van der Waals surface area contributed by atoms with Crippen molar-refractivity contribution in [2.24, 2.45) is 11.3 Å². The van der Waals surface area contributed by atoms with Crippen LogP contribution in [0.1, 0.15) is 30.8 Å². The molecule has 1 aromatic heterocycles. The summed E-state index contributed by atoms with van der Waals surface area (Å²) in [6, 6.07) is 6.51. The fourth-order valence-electron chi connectivity index (χ4n) is 4.25. The normalized spacial score (nSPS) is 27.5. The molecule has 1 saturated carbocycles. The van der Waals surface area contributed by atoms with Gasteiger partial charge in [-0.15, -0.1) is 0 Å². The van der Waals surface area contributed by atoms with Gasteiger partial charge in [0.2, 0.25) is 0 Å². The van der Waals surface area contributed by atoms with Crippen LogP contribution in [-0.4, -0.2) is 34.6 Å². The summed E-state index contributed by atoms with van der Waals surface area (Å²) in [6.45, 7) is 4.94. The van der Waals surface area contributed by atoms with E-state index in [2.05, 4.69) is 24.1 Å². The average molecular weight is 329 g/mol. The second-order valence-electron chi connectivity index (χ2n) is 7.20. The minimum Gasteiger partial charge on any atom is -0.377 e. The number of hydrogen-bond acceptors (Lipinski definition) is 4. The molecule has 2 N–H and O–H groups in total. The molecule has 2 aliphatic rings. The molecule has 2 heterocycles. The lowest BCUT2D eigenvalue weighted by molar-refractivity contribution is -0.383. The first-order chi connectivity index (χ1) is 11.4. The Hall–Kier alpha value is -2.41. The molecule has 0 radical (unpaired) electrons. The number of rotatable bonds is 3. The number of carbonyl (C=O) groups is 1. The van der Waals surface area contributed by atoms with Crippen molar-refractivity contribution in [2.75, 3.05) is 6.61 Å². The topological polar surface area (TPSA) is 97.3 Å². The second kappa shape index (κ2) is 5.04. The molecule has 0 spiro atoms. The van der Waals surface area contributed by atoms with Crippen LogP contribution in [0, 0.1) is 21.4 Å². The van der Waals surface area contributed by atoms with E-state index < -0.39 is 4.92 Å². The average Bonchev–Trinajstić information content (AvgIpc) is 3.17. The molecule has 0 bridgehead atoms. The first-order valence-electron chi connectivity index (χ1n) is 8.08. The maximum absolute atomic E-state index is 12.6. The molecule has 0 unspecified atom stereocenters. The van der Waals surface area contributed by atoms with Gasteiger partial charge in [-0.05, 0) is 12.5 Å². The highest BCUT2D eigenvalue weighted by atomic mass is 16.6. The van der Waals surface area contributed by atoms with Crippen molar-refractivity contribution in [1.29, 1.82) is 0 Å². The van der Waals surface area contributed by atoms with Gasteiger partial charge in [0.25, 0.3) is 11.6 Å². The molecule has 1 saturated heterocycles. The third kappa shape index (κ3) is 2.04. The van der Waals surface area contributed by atoms with Gasteiger partial charge in [-0.1, -0.05) is 26.0 Å². The van der Waals surface area contributed by atoms with Crippen molar-refractivity contribution in [3.8, 4) is 0 Å². The number of fused-ring (bicyclic) bond motifs is 2. The van der Waals surface area contributed by atoms with E-state index in [1.807, 2.05) is 0 Å². The SMILES string of the molecule is CC1(C)[C@H](NC(=O)c2cc3cccc([N+](=O)[O-])c3[nH]2)[C@@H]2CCO[C@@H]21. The summed E-state index contributed by atoms with van der Waals surface area (Å²) in [5.74, 6) is 0.117. The summed E-state index contributed by atoms with van der Waals surface area (Å²) in [4.78, 5) is 26.2. The second-order valence-corrected chi connectivity index (χ2v) is 7.20. The predicted molar refractivity (Wildman–Crippen MR) is 87.8 cm³/mol. The minimum atomic E-state index is -0.448. The van der Waals surface area contributed by atoms with Crippen molar-refractivity contribution in [2.45, 2.75) is 32.4 Å². The highest BCUT2D eigenvalue weighted by molar-refractivity contribution is 6.00. The number of H-pyrrole nitrogens is 1. The van der Waals surface area contributed by atoms with Crippen LogP contribution in [0.4, 0.5) is 5.69 Å². The van der Waals surface area contributed by atoms with E-state index in [1.54, 1.807) is 18.2 Å². The van der Waals surface area contributed by atoms with Gasteiger partial charge >= 0.3 is 0 Å². The monoisotopic (exact) mass is 329 g/mol. The Kier molecular flexibility index (Phi) is 3.18. The van der Waals surface area contributed by atoms with E-state index in [1.165, 1.54) is 6.07 Å². The Balaban J connectivity index is 1.60. The lowest BCUT2D eigenvalue weighted by Gasteiger charge is -2.54. The summed E-state index contributed by atoms with van der Waals surface area (Å²) in [5.41, 5.74) is 0.592. The fraction of sp³-hybridized carbons (Fsp3) is 0.471. The molecule has 7 nitrogen and oxygen atoms in total. The first-order valence-corrected chi connectivity index (χ1v) is 8.08. The zero-order valence-electron chi connectivity index (χ0n) is 13.5. The zero-order valence-corrected chi connectivity index (χ0v) is 13.5. The van der Waals surface area contributed by atoms with Crippen LogP contribution >= 0.6 is 0 Å². The number of nitro groups is 1. The molecule has 2 aromatic rings. The van der Waals surface area contributed by atoms with E-state index in [0.717, 1.165) is 13.0 Å². The number of nitrogens with one attached hydrogen (secondary N) is 2. The first kappa shape index (κ1) is 15.1. The van der Waals surface area contributed by atoms with Crippen LogP contribution in [0.15, 0.2) is 24.3 Å². The van der Waals surface area contributed by atoms with E-state index in [0.29, 0.717) is 22.5 Å². The quantitative estimate of drug-likeness (QED) is 0.668. The molecule has 7 heteroatoms. The third-order valence-electron chi connectivity index (χ3n) is 5.46. The fourth-order valence-corrected chi connectivity index (χ4v) is 4.25. The number of nitrogens with zero attached hydrogens (tertiary/aromatic N) is 1. The van der Waals surface area contributed by atoms with Gasteiger partial charge in [-0.3, -0.25) is 14.9 Å². The van der Waals surface area contributed by atoms with E-state index in [4.69, 9.17) is 4.74 Å². The summed E-state index contributed by atoms with van der Waals surface area (Å²) >= 11 is 0. The number of carbonyl (C=O) groups excluding carboxylic acids is 1. The third-order valence-corrected chi connectivity index (χ3v) is 5.46. The minimum absolute atomic E-state index is 0.0280. The van der Waals surface area contributed by atoms with E-state index in [-0.39, 0.29) is 29.2 Å². The number of aromatic nitrogens is 1. The van der Waals surface area contributed by atoms with Crippen LogP contribution in [0.3, 0.4) is 0 Å². The predicted octanol–water partition coefficient (Wildman–Crippen LogP) is 2.62. The van der Waals surface area contributed by atoms with Crippen molar-refractivity contribution < 1.29 is 14.5 Å². The molecule has 4 rings (SSSR count). The largest absolute Gasteiger partial charge is 0.377 e. The summed E-state index contributed by atoms with van der Waals surface area (Å²) in [7, 11) is 0. The number of amides is 1. The number of non-ortho nitro benzene ring substituents is 1. The van der Waals surface area contributed by atoms with Crippen molar-refractivity contribution in [3.05, 3.63) is 40.1 Å². The zero-order chi connectivity index (χ0) is 17.1. The number of aromatic amines is 1. The van der Waals surface area contributed by atoms with Crippen LogP contribution in [0.2, 0.25) is 0 Å². The molecule has 3 atom stereocenters. The standard InChI is InChI=1S/C17H19N3O4/c1-17(2)14(10-6-7-24-15(10)17)19-16(21)11-8-9-4-3-5-12(20(22)23)13(9)18-11/h3-5,8,10,14-15,18H,6-7H2,1-2H3,(H,19,21)/t10-,14+,15-/m0/s1. The molecule has 1 aliphatic carbocycles. The molecular weight excluding hydrogens is 310 g/mol. The number of hydrogen-bond donors (Lipinski definition) is 2. The van der Waals surface area contributed by atoms with Crippen molar-refractivity contribution in [3.63, 3.8) is 0 Å². The lowest BCUT2D eigenvalue weighted by Crippen LogP contribution is -2.66. The molecular formula is C17H19N3O4. The van der Waals surface area contributed by atoms with Crippen LogP contribution in [-0.2, 0) is 4.74 Å². The van der Waals surface area contributed by atoms with Crippen LogP contribution in [0.5, 0.6) is 0 Å². The van der Waals surface area contributed by atoms with Gasteiger partial charge in [0.1, 0.15) is 11.2 Å². The lowest BCUT2D eigenvalue weighted by atomic mass is 9.57. The Morgan fingerprint density at radius 3 is 3.00 bits per heavy atom. The summed E-state index contributed by atoms with van der Waals surface area (Å²) in [5, 5.41) is 14.8. The van der Waals surface area contributed by atoms with Gasteiger partial charge < -0.3 is 15.0 Å². The Bertz CT molecular complexity index is 841. The van der Waals surface area contributed by atoms with Gasteiger partial charge in [0, 0.05) is 35.4 Å². The van der Waals surface area contributed by atoms with Gasteiger partial charge in [-0.2, -0.15) is 0 Å². The van der Waals surface area contributed by atoms with Gasteiger partial charge in [0.05, 0.1) is 11.0 Å². The van der Waals surface area contributed by atoms with E-state index >= 15 is 0 Å². The Morgan fingerprint density at radius 2 is 2.25 bits per heavy atom. The smallest absolute Gasteiger partial charge is 0.293 e. The molecule has 1 amide bonds. The number of benzene rings is 1. The van der Waals surface area contributed by atoms with E-state index in [9.17, 15) is 14.9 Å². The molecule has 126 valence electrons. The maximum atomic E-state index is 12.6. The number of para-hydroxylation sites is 1. The number of nitro benzene ring substituents is 1. The van der Waals surface area contributed by atoms with Crippen LogP contribution < -0.4 is 5.32 Å². The summed E-state index contributed by atoms with van der Waals surface area (Å²) < 4.78 is 5.74. The highest BCUT2D eigenvalue weighted by Gasteiger charge is 2.59. The highest BCUT2D eigenvalue weighted by Crippen LogP contribution is 2.52. The van der Waals surface area contributed by atoms with Gasteiger partial charge in [0.15, 0.2) is 0 Å². The van der Waals surface area contributed by atoms with Crippen LogP contribution in [0.25, 0.3) is 10.9 Å². The Labute approximate surface area is 138 Å². The molecule has 1 aliphatic heterocycles. The molecule has 1 aromatic carbocycles. The maximum Gasteiger partial charge on any atom is 0.293 e. The van der Waals surface area contributed by atoms with Crippen molar-refractivity contribution in [1.82, 2.24) is 10.3 Å².